The summed E-state index contributed by atoms with van der Waals surface area (Å²) in [5.41, 5.74) is 1.58. The molecular weight excluding hydrogens is 264 g/mol. The normalized spacial score (nSPS) is 11.5. The molecule has 5 heteroatoms. The van der Waals surface area contributed by atoms with Gasteiger partial charge in [0.2, 0.25) is 0 Å². The maximum Gasteiger partial charge on any atom is 0.317 e. The molecular formula is C16H22N4O. The highest BCUT2D eigenvalue weighted by Crippen LogP contribution is 2.15. The molecule has 0 spiro atoms. The number of rotatable bonds is 2. The Morgan fingerprint density at radius 3 is 2.57 bits per heavy atom. The monoisotopic (exact) mass is 286 g/mol. The van der Waals surface area contributed by atoms with Crippen molar-refractivity contribution in [2.45, 2.75) is 39.8 Å². The third-order valence-corrected chi connectivity index (χ3v) is 3.05. The van der Waals surface area contributed by atoms with Crippen LogP contribution in [0.15, 0.2) is 24.3 Å². The van der Waals surface area contributed by atoms with E-state index in [0.29, 0.717) is 12.4 Å². The molecule has 2 amide bonds. The number of carbonyl (C=O) groups excluding carboxylic acids is 1. The molecule has 0 fully saturated rings. The highest BCUT2D eigenvalue weighted by molar-refractivity contribution is 5.80. The van der Waals surface area contributed by atoms with Crippen molar-refractivity contribution in [3.05, 3.63) is 35.8 Å². The molecule has 112 valence electrons. The molecule has 1 aromatic heterocycles. The van der Waals surface area contributed by atoms with Crippen LogP contribution in [-0.2, 0) is 6.54 Å². The standard InChI is InChI=1S/C16H22N4O/c1-11-12-8-6-7-9-13(12)18-14(17-11)10-20(5)15(21)19-16(2,3)4/h6-9H,10H2,1-5H3,(H,19,21). The van der Waals surface area contributed by atoms with Gasteiger partial charge >= 0.3 is 6.03 Å². The van der Waals surface area contributed by atoms with E-state index in [4.69, 9.17) is 0 Å². The largest absolute Gasteiger partial charge is 0.333 e. The minimum atomic E-state index is -0.258. The van der Waals surface area contributed by atoms with Gasteiger partial charge in [-0.25, -0.2) is 14.8 Å². The van der Waals surface area contributed by atoms with Crippen LogP contribution in [0.25, 0.3) is 10.9 Å². The number of nitrogens with one attached hydrogen (secondary N) is 1. The number of aromatic nitrogens is 2. The third-order valence-electron chi connectivity index (χ3n) is 3.05. The number of aryl methyl sites for hydroxylation is 1. The van der Waals surface area contributed by atoms with E-state index in [0.717, 1.165) is 16.6 Å². The van der Waals surface area contributed by atoms with Crippen LogP contribution in [0.1, 0.15) is 32.3 Å². The number of urea groups is 1. The first-order chi connectivity index (χ1) is 9.76. The molecule has 1 heterocycles. The molecule has 0 aliphatic carbocycles. The van der Waals surface area contributed by atoms with Crippen LogP contribution in [0.3, 0.4) is 0 Å². The zero-order chi connectivity index (χ0) is 15.6. The van der Waals surface area contributed by atoms with Gasteiger partial charge in [-0.3, -0.25) is 0 Å². The predicted molar refractivity (Wildman–Crippen MR) is 84.0 cm³/mol. The number of benzene rings is 1. The van der Waals surface area contributed by atoms with Gasteiger partial charge in [-0.05, 0) is 33.8 Å². The fourth-order valence-electron chi connectivity index (χ4n) is 2.07. The molecule has 1 aromatic carbocycles. The van der Waals surface area contributed by atoms with Crippen molar-refractivity contribution in [1.29, 1.82) is 0 Å². The van der Waals surface area contributed by atoms with E-state index in [2.05, 4.69) is 15.3 Å². The summed E-state index contributed by atoms with van der Waals surface area (Å²) in [4.78, 5) is 22.7. The van der Waals surface area contributed by atoms with E-state index >= 15 is 0 Å². The molecule has 1 N–H and O–H groups in total. The second-order valence-corrected chi connectivity index (χ2v) is 6.28. The molecule has 0 unspecified atom stereocenters. The van der Waals surface area contributed by atoms with Crippen LogP contribution >= 0.6 is 0 Å². The summed E-state index contributed by atoms with van der Waals surface area (Å²) < 4.78 is 0. The van der Waals surface area contributed by atoms with Gasteiger partial charge in [-0.1, -0.05) is 18.2 Å². The highest BCUT2D eigenvalue weighted by Gasteiger charge is 2.18. The Balaban J connectivity index is 2.18. The van der Waals surface area contributed by atoms with Crippen LogP contribution in [-0.4, -0.2) is 33.5 Å². The van der Waals surface area contributed by atoms with Gasteiger partial charge in [-0.15, -0.1) is 0 Å². The number of hydrogen-bond donors (Lipinski definition) is 1. The summed E-state index contributed by atoms with van der Waals surface area (Å²) >= 11 is 0. The number of hydrogen-bond acceptors (Lipinski definition) is 3. The number of carbonyl (C=O) groups is 1. The molecule has 2 rings (SSSR count). The summed E-state index contributed by atoms with van der Waals surface area (Å²) in [6, 6.07) is 7.76. The number of amides is 2. The quantitative estimate of drug-likeness (QED) is 0.923. The Labute approximate surface area is 125 Å². The summed E-state index contributed by atoms with van der Waals surface area (Å²) in [5.74, 6) is 0.651. The lowest BCUT2D eigenvalue weighted by Gasteiger charge is -2.25. The lowest BCUT2D eigenvalue weighted by molar-refractivity contribution is 0.196. The van der Waals surface area contributed by atoms with Gasteiger partial charge in [0.05, 0.1) is 12.1 Å². The molecule has 2 aromatic rings. The maximum atomic E-state index is 12.1. The van der Waals surface area contributed by atoms with Gasteiger partial charge in [0.25, 0.3) is 0 Å². The fourth-order valence-corrected chi connectivity index (χ4v) is 2.07. The fraction of sp³-hybridized carbons (Fsp3) is 0.438. The van der Waals surface area contributed by atoms with Crippen molar-refractivity contribution in [3.8, 4) is 0 Å². The Morgan fingerprint density at radius 1 is 1.24 bits per heavy atom. The average molecular weight is 286 g/mol. The maximum absolute atomic E-state index is 12.1. The molecule has 5 nitrogen and oxygen atoms in total. The van der Waals surface area contributed by atoms with E-state index in [-0.39, 0.29) is 11.6 Å². The summed E-state index contributed by atoms with van der Waals surface area (Å²) in [6.45, 7) is 8.20. The molecule has 0 radical (unpaired) electrons. The Bertz CT molecular complexity index is 661. The molecule has 21 heavy (non-hydrogen) atoms. The van der Waals surface area contributed by atoms with Crippen LogP contribution in [0.2, 0.25) is 0 Å². The molecule has 0 atom stereocenters. The van der Waals surface area contributed by atoms with Crippen molar-refractivity contribution in [3.63, 3.8) is 0 Å². The molecule has 0 saturated heterocycles. The van der Waals surface area contributed by atoms with Crippen LogP contribution in [0.4, 0.5) is 4.79 Å². The lowest BCUT2D eigenvalue weighted by atomic mass is 10.1. The van der Waals surface area contributed by atoms with Crippen molar-refractivity contribution < 1.29 is 4.79 Å². The SMILES string of the molecule is Cc1nc(CN(C)C(=O)NC(C)(C)C)nc2ccccc12. The third kappa shape index (κ3) is 3.90. The summed E-state index contributed by atoms with van der Waals surface area (Å²) in [6.07, 6.45) is 0. The predicted octanol–water partition coefficient (Wildman–Crippen LogP) is 2.88. The second-order valence-electron chi connectivity index (χ2n) is 6.28. The van der Waals surface area contributed by atoms with Crippen LogP contribution < -0.4 is 5.32 Å². The van der Waals surface area contributed by atoms with Crippen molar-refractivity contribution in [2.24, 2.45) is 0 Å². The zero-order valence-electron chi connectivity index (χ0n) is 13.3. The first kappa shape index (κ1) is 15.2. The Morgan fingerprint density at radius 2 is 1.90 bits per heavy atom. The number of para-hydroxylation sites is 1. The average Bonchev–Trinajstić information content (AvgIpc) is 2.36. The van der Waals surface area contributed by atoms with Gasteiger partial charge < -0.3 is 10.2 Å². The molecule has 0 aliphatic rings. The van der Waals surface area contributed by atoms with E-state index in [9.17, 15) is 4.79 Å². The summed E-state index contributed by atoms with van der Waals surface area (Å²) in [7, 11) is 1.74. The number of fused-ring (bicyclic) bond motifs is 1. The Hall–Kier alpha value is -2.17. The van der Waals surface area contributed by atoms with Gasteiger partial charge in [0, 0.05) is 23.7 Å². The van der Waals surface area contributed by atoms with Crippen molar-refractivity contribution in [1.82, 2.24) is 20.2 Å². The van der Waals surface area contributed by atoms with E-state index in [1.165, 1.54) is 0 Å². The van der Waals surface area contributed by atoms with E-state index in [1.807, 2.05) is 52.0 Å². The zero-order valence-corrected chi connectivity index (χ0v) is 13.3. The van der Waals surface area contributed by atoms with Crippen molar-refractivity contribution >= 4 is 16.9 Å². The number of nitrogens with zero attached hydrogens (tertiary/aromatic N) is 3. The van der Waals surface area contributed by atoms with E-state index < -0.39 is 0 Å². The first-order valence-corrected chi connectivity index (χ1v) is 7.02. The Kier molecular flexibility index (Phi) is 4.11. The molecule has 0 aliphatic heterocycles. The first-order valence-electron chi connectivity index (χ1n) is 7.02. The van der Waals surface area contributed by atoms with Gasteiger partial charge in [-0.2, -0.15) is 0 Å². The molecule has 0 saturated carbocycles. The lowest BCUT2D eigenvalue weighted by Crippen LogP contribution is -2.47. The smallest absolute Gasteiger partial charge is 0.317 e. The van der Waals surface area contributed by atoms with Crippen molar-refractivity contribution in [2.75, 3.05) is 7.05 Å². The van der Waals surface area contributed by atoms with Gasteiger partial charge in [0.1, 0.15) is 5.82 Å². The van der Waals surface area contributed by atoms with Crippen LogP contribution in [0, 0.1) is 6.92 Å². The molecule has 0 bridgehead atoms. The second kappa shape index (κ2) is 5.68. The van der Waals surface area contributed by atoms with E-state index in [1.54, 1.807) is 11.9 Å². The minimum Gasteiger partial charge on any atom is -0.333 e. The minimum absolute atomic E-state index is 0.128. The van der Waals surface area contributed by atoms with Crippen LogP contribution in [0.5, 0.6) is 0 Å². The summed E-state index contributed by atoms with van der Waals surface area (Å²) in [5, 5.41) is 3.97. The topological polar surface area (TPSA) is 58.1 Å². The van der Waals surface area contributed by atoms with Gasteiger partial charge in [0.15, 0.2) is 0 Å². The highest BCUT2D eigenvalue weighted by atomic mass is 16.2.